The lowest BCUT2D eigenvalue weighted by Gasteiger charge is -2.12. The van der Waals surface area contributed by atoms with Crippen molar-refractivity contribution in [1.82, 2.24) is 0 Å². The first-order valence-corrected chi connectivity index (χ1v) is 8.48. The second-order valence-corrected chi connectivity index (χ2v) is 6.73. The summed E-state index contributed by atoms with van der Waals surface area (Å²) in [4.78, 5) is 10.8. The van der Waals surface area contributed by atoms with E-state index in [4.69, 9.17) is 9.84 Å². The predicted octanol–water partition coefficient (Wildman–Crippen LogP) is 2.90. The fourth-order valence-electron chi connectivity index (χ4n) is 1.98. The van der Waals surface area contributed by atoms with Crippen LogP contribution in [-0.2, 0) is 14.8 Å². The van der Waals surface area contributed by atoms with Gasteiger partial charge in [-0.3, -0.25) is 4.72 Å². The summed E-state index contributed by atoms with van der Waals surface area (Å²) in [7, 11) is -2.34. The van der Waals surface area contributed by atoms with Gasteiger partial charge in [0.1, 0.15) is 5.75 Å². The molecule has 126 valence electrons. The average Bonchev–Trinajstić information content (AvgIpc) is 2.53. The van der Waals surface area contributed by atoms with Gasteiger partial charge in [0.25, 0.3) is 10.0 Å². The Kier molecular flexibility index (Phi) is 5.25. The first kappa shape index (κ1) is 17.6. The van der Waals surface area contributed by atoms with E-state index in [1.54, 1.807) is 24.3 Å². The SMILES string of the molecule is COc1ccc(/C=C/C(=O)O)c(NS(=O)(=O)c2ccc(C)cc2)c1. The molecule has 0 fully saturated rings. The number of carboxylic acid groups (broad SMARTS) is 1. The number of carbonyl (C=O) groups is 1. The van der Waals surface area contributed by atoms with Gasteiger partial charge in [-0.1, -0.05) is 17.7 Å². The molecule has 0 aliphatic rings. The quantitative estimate of drug-likeness (QED) is 0.784. The van der Waals surface area contributed by atoms with Crippen LogP contribution in [0.5, 0.6) is 5.75 Å². The standard InChI is InChI=1S/C17H17NO5S/c1-12-3-8-15(9-4-12)24(21,22)18-16-11-14(23-2)7-5-13(16)6-10-17(19)20/h3-11,18H,1-2H3,(H,19,20)/b10-6+. The summed E-state index contributed by atoms with van der Waals surface area (Å²) in [6.07, 6.45) is 2.25. The van der Waals surface area contributed by atoms with Gasteiger partial charge in [0.2, 0.25) is 0 Å². The Morgan fingerprint density at radius 2 is 1.83 bits per heavy atom. The molecule has 0 saturated carbocycles. The molecule has 0 aliphatic heterocycles. The van der Waals surface area contributed by atoms with E-state index in [1.165, 1.54) is 31.4 Å². The normalized spacial score (nSPS) is 11.4. The number of hydrogen-bond donors (Lipinski definition) is 2. The monoisotopic (exact) mass is 347 g/mol. The summed E-state index contributed by atoms with van der Waals surface area (Å²) in [6.45, 7) is 1.86. The molecule has 24 heavy (non-hydrogen) atoms. The Bertz CT molecular complexity index is 870. The highest BCUT2D eigenvalue weighted by molar-refractivity contribution is 7.92. The van der Waals surface area contributed by atoms with Crippen LogP contribution in [0.3, 0.4) is 0 Å². The van der Waals surface area contributed by atoms with Gasteiger partial charge in [0.05, 0.1) is 17.7 Å². The number of anilines is 1. The highest BCUT2D eigenvalue weighted by Crippen LogP contribution is 2.26. The summed E-state index contributed by atoms with van der Waals surface area (Å²) in [5, 5.41) is 8.75. The van der Waals surface area contributed by atoms with Crippen LogP contribution in [0.1, 0.15) is 11.1 Å². The molecule has 2 aromatic carbocycles. The van der Waals surface area contributed by atoms with E-state index >= 15 is 0 Å². The number of benzene rings is 2. The molecule has 2 N–H and O–H groups in total. The zero-order valence-electron chi connectivity index (χ0n) is 13.2. The molecule has 0 amide bonds. The Balaban J connectivity index is 2.42. The maximum absolute atomic E-state index is 12.5. The molecule has 0 unspecified atom stereocenters. The topological polar surface area (TPSA) is 92.7 Å². The van der Waals surface area contributed by atoms with Gasteiger partial charge in [-0.15, -0.1) is 0 Å². The number of sulfonamides is 1. The van der Waals surface area contributed by atoms with Crippen molar-refractivity contribution in [3.63, 3.8) is 0 Å². The van der Waals surface area contributed by atoms with E-state index in [9.17, 15) is 13.2 Å². The van der Waals surface area contributed by atoms with Crippen LogP contribution in [0.15, 0.2) is 53.4 Å². The molecule has 0 radical (unpaired) electrons. The van der Waals surface area contributed by atoms with Crippen molar-refractivity contribution in [1.29, 1.82) is 0 Å². The molecular formula is C17H17NO5S. The van der Waals surface area contributed by atoms with Crippen LogP contribution in [-0.4, -0.2) is 26.6 Å². The number of carboxylic acids is 1. The van der Waals surface area contributed by atoms with Crippen LogP contribution in [0.2, 0.25) is 0 Å². The lowest BCUT2D eigenvalue weighted by Crippen LogP contribution is -2.13. The minimum Gasteiger partial charge on any atom is -0.497 e. The zero-order chi connectivity index (χ0) is 17.7. The smallest absolute Gasteiger partial charge is 0.328 e. The number of methoxy groups -OCH3 is 1. The Hall–Kier alpha value is -2.80. The van der Waals surface area contributed by atoms with Gasteiger partial charge >= 0.3 is 5.97 Å². The molecule has 0 saturated heterocycles. The fraction of sp³-hybridized carbons (Fsp3) is 0.118. The van der Waals surface area contributed by atoms with Crippen LogP contribution < -0.4 is 9.46 Å². The molecular weight excluding hydrogens is 330 g/mol. The number of aryl methyl sites for hydroxylation is 1. The summed E-state index contributed by atoms with van der Waals surface area (Å²) >= 11 is 0. The van der Waals surface area contributed by atoms with Crippen LogP contribution in [0.4, 0.5) is 5.69 Å². The van der Waals surface area contributed by atoms with Crippen molar-refractivity contribution in [3.8, 4) is 5.75 Å². The minimum absolute atomic E-state index is 0.115. The van der Waals surface area contributed by atoms with E-state index in [0.717, 1.165) is 11.6 Å². The van der Waals surface area contributed by atoms with Crippen molar-refractivity contribution in [2.24, 2.45) is 0 Å². The Morgan fingerprint density at radius 3 is 2.42 bits per heavy atom. The summed E-state index contributed by atoms with van der Waals surface area (Å²) in [5.74, 6) is -0.678. The van der Waals surface area contributed by atoms with Crippen LogP contribution in [0.25, 0.3) is 6.08 Å². The van der Waals surface area contributed by atoms with E-state index in [1.807, 2.05) is 6.92 Å². The minimum atomic E-state index is -3.80. The molecule has 6 nitrogen and oxygen atoms in total. The molecule has 0 atom stereocenters. The van der Waals surface area contributed by atoms with Crippen molar-refractivity contribution in [3.05, 3.63) is 59.7 Å². The van der Waals surface area contributed by atoms with Crippen molar-refractivity contribution >= 4 is 27.8 Å². The van der Waals surface area contributed by atoms with Gasteiger partial charge < -0.3 is 9.84 Å². The molecule has 0 bridgehead atoms. The van der Waals surface area contributed by atoms with E-state index in [2.05, 4.69) is 4.72 Å². The largest absolute Gasteiger partial charge is 0.497 e. The number of hydrogen-bond acceptors (Lipinski definition) is 4. The molecule has 0 heterocycles. The maximum Gasteiger partial charge on any atom is 0.328 e. The number of nitrogens with one attached hydrogen (secondary N) is 1. The van der Waals surface area contributed by atoms with Gasteiger partial charge in [0, 0.05) is 12.1 Å². The highest BCUT2D eigenvalue weighted by Gasteiger charge is 2.16. The summed E-state index contributed by atoms with van der Waals surface area (Å²) in [5.41, 5.74) is 1.58. The summed E-state index contributed by atoms with van der Waals surface area (Å²) in [6, 6.07) is 11.1. The van der Waals surface area contributed by atoms with E-state index in [-0.39, 0.29) is 10.6 Å². The first-order chi connectivity index (χ1) is 11.3. The zero-order valence-corrected chi connectivity index (χ0v) is 14.0. The van der Waals surface area contributed by atoms with Crippen LogP contribution >= 0.6 is 0 Å². The van der Waals surface area contributed by atoms with Crippen molar-refractivity contribution in [2.75, 3.05) is 11.8 Å². The summed E-state index contributed by atoms with van der Waals surface area (Å²) < 4.78 is 32.6. The van der Waals surface area contributed by atoms with Gasteiger partial charge in [-0.05, 0) is 42.8 Å². The molecule has 0 spiro atoms. The second kappa shape index (κ2) is 7.18. The Morgan fingerprint density at radius 1 is 1.17 bits per heavy atom. The molecule has 0 aromatic heterocycles. The Labute approximate surface area is 140 Å². The molecule has 2 rings (SSSR count). The number of aliphatic carboxylic acids is 1. The number of ether oxygens (including phenoxy) is 1. The average molecular weight is 347 g/mol. The van der Waals surface area contributed by atoms with Crippen molar-refractivity contribution in [2.45, 2.75) is 11.8 Å². The van der Waals surface area contributed by atoms with Gasteiger partial charge in [0.15, 0.2) is 0 Å². The number of rotatable bonds is 6. The van der Waals surface area contributed by atoms with Crippen molar-refractivity contribution < 1.29 is 23.1 Å². The van der Waals surface area contributed by atoms with E-state index < -0.39 is 16.0 Å². The lowest BCUT2D eigenvalue weighted by molar-refractivity contribution is -0.131. The fourth-order valence-corrected chi connectivity index (χ4v) is 3.06. The second-order valence-electron chi connectivity index (χ2n) is 5.04. The van der Waals surface area contributed by atoms with Gasteiger partial charge in [-0.25, -0.2) is 13.2 Å². The lowest BCUT2D eigenvalue weighted by atomic mass is 10.1. The predicted molar refractivity (Wildman–Crippen MR) is 91.7 cm³/mol. The third kappa shape index (κ3) is 4.36. The van der Waals surface area contributed by atoms with Crippen LogP contribution in [0, 0.1) is 6.92 Å². The molecule has 2 aromatic rings. The third-order valence-electron chi connectivity index (χ3n) is 3.24. The highest BCUT2D eigenvalue weighted by atomic mass is 32.2. The third-order valence-corrected chi connectivity index (χ3v) is 4.62. The molecule has 0 aliphatic carbocycles. The first-order valence-electron chi connectivity index (χ1n) is 7.00. The van der Waals surface area contributed by atoms with E-state index in [0.29, 0.717) is 11.3 Å². The molecule has 7 heteroatoms. The maximum atomic E-state index is 12.5. The van der Waals surface area contributed by atoms with Gasteiger partial charge in [-0.2, -0.15) is 0 Å².